The largest absolute Gasteiger partial charge is 0.458 e. The van der Waals surface area contributed by atoms with E-state index in [9.17, 15) is 14.4 Å². The normalized spacial score (nSPS) is 37.5. The molecule has 0 amide bonds. The summed E-state index contributed by atoms with van der Waals surface area (Å²) in [5.74, 6) is -0.722. The van der Waals surface area contributed by atoms with Gasteiger partial charge in [0.2, 0.25) is 0 Å². The Labute approximate surface area is 179 Å². The topological polar surface area (TPSA) is 69.7 Å². The number of carbonyl (C=O) groups is 3. The molecule has 0 heterocycles. The van der Waals surface area contributed by atoms with E-state index in [4.69, 9.17) is 9.47 Å². The summed E-state index contributed by atoms with van der Waals surface area (Å²) in [4.78, 5) is 38.4. The minimum absolute atomic E-state index is 0.0511. The summed E-state index contributed by atoms with van der Waals surface area (Å²) in [7, 11) is 0. The van der Waals surface area contributed by atoms with E-state index >= 15 is 0 Å². The van der Waals surface area contributed by atoms with Crippen molar-refractivity contribution >= 4 is 17.7 Å². The number of esters is 2. The van der Waals surface area contributed by atoms with Gasteiger partial charge >= 0.3 is 11.9 Å². The SMILES string of the molecule is C/C=C(\C)C(=O)O[C@@H]1C[C@@H](OC(=O)/C(C)=C/C)[C@@]2(C)[C@@H]3C(=O)C=C(C)[C@H]2[C@@H]3C1(C)C. The molecule has 0 radical (unpaired) electrons. The Morgan fingerprint density at radius 3 is 1.93 bits per heavy atom. The first kappa shape index (κ1) is 22.5. The van der Waals surface area contributed by atoms with Crippen molar-refractivity contribution in [1.29, 1.82) is 0 Å². The molecule has 30 heavy (non-hydrogen) atoms. The second kappa shape index (κ2) is 7.51. The number of rotatable bonds is 4. The molecule has 164 valence electrons. The monoisotopic (exact) mass is 414 g/mol. The maximum Gasteiger partial charge on any atom is 0.333 e. The Morgan fingerprint density at radius 2 is 1.47 bits per heavy atom. The molecule has 0 spiro atoms. The van der Waals surface area contributed by atoms with Crippen LogP contribution in [-0.2, 0) is 23.9 Å². The van der Waals surface area contributed by atoms with E-state index in [1.807, 2.05) is 6.92 Å². The van der Waals surface area contributed by atoms with Gasteiger partial charge in [-0.2, -0.15) is 0 Å². The first-order valence-electron chi connectivity index (χ1n) is 10.8. The molecule has 4 aliphatic carbocycles. The molecule has 0 N–H and O–H groups in total. The minimum atomic E-state index is -0.510. The number of allylic oxidation sites excluding steroid dienone is 4. The van der Waals surface area contributed by atoms with Gasteiger partial charge in [-0.25, -0.2) is 9.59 Å². The van der Waals surface area contributed by atoms with Crippen LogP contribution >= 0.6 is 0 Å². The van der Waals surface area contributed by atoms with Crippen molar-refractivity contribution in [3.63, 3.8) is 0 Å². The van der Waals surface area contributed by atoms with Crippen LogP contribution in [0.2, 0.25) is 0 Å². The maximum atomic E-state index is 13.1. The molecule has 6 atom stereocenters. The summed E-state index contributed by atoms with van der Waals surface area (Å²) in [6, 6.07) is 0. The lowest BCUT2D eigenvalue weighted by Crippen LogP contribution is -2.67. The van der Waals surface area contributed by atoms with E-state index in [1.165, 1.54) is 0 Å². The molecule has 4 rings (SSSR count). The van der Waals surface area contributed by atoms with Gasteiger partial charge in [-0.3, -0.25) is 4.79 Å². The van der Waals surface area contributed by atoms with Crippen molar-refractivity contribution < 1.29 is 23.9 Å². The third-order valence-electron chi connectivity index (χ3n) is 8.04. The molecule has 4 aliphatic rings. The smallest absolute Gasteiger partial charge is 0.333 e. The Hall–Kier alpha value is -2.17. The maximum absolute atomic E-state index is 13.1. The van der Waals surface area contributed by atoms with Crippen LogP contribution in [0.4, 0.5) is 0 Å². The molecule has 3 saturated carbocycles. The highest BCUT2D eigenvalue weighted by Crippen LogP contribution is 2.72. The van der Waals surface area contributed by atoms with Crippen molar-refractivity contribution in [1.82, 2.24) is 0 Å². The van der Waals surface area contributed by atoms with Crippen molar-refractivity contribution in [3.8, 4) is 0 Å². The Kier molecular flexibility index (Phi) is 5.63. The molecular weight excluding hydrogens is 380 g/mol. The third kappa shape index (κ3) is 3.09. The fraction of sp³-hybridized carbons (Fsp3) is 0.640. The van der Waals surface area contributed by atoms with Crippen LogP contribution in [0.15, 0.2) is 34.9 Å². The molecule has 0 aliphatic heterocycles. The number of carbonyl (C=O) groups excluding carboxylic acids is 3. The van der Waals surface area contributed by atoms with Gasteiger partial charge in [0.15, 0.2) is 5.78 Å². The van der Waals surface area contributed by atoms with Gasteiger partial charge in [0.25, 0.3) is 0 Å². The van der Waals surface area contributed by atoms with Crippen LogP contribution < -0.4 is 0 Å². The molecule has 4 bridgehead atoms. The quantitative estimate of drug-likeness (QED) is 0.498. The number of ether oxygens (including phenoxy) is 2. The van der Waals surface area contributed by atoms with Gasteiger partial charge in [0, 0.05) is 34.3 Å². The highest BCUT2D eigenvalue weighted by atomic mass is 16.6. The van der Waals surface area contributed by atoms with Gasteiger partial charge in [-0.1, -0.05) is 38.5 Å². The number of hydrogen-bond donors (Lipinski definition) is 0. The summed E-state index contributed by atoms with van der Waals surface area (Å²) in [5, 5.41) is 0. The second-order valence-electron chi connectivity index (χ2n) is 9.93. The fourth-order valence-electron chi connectivity index (χ4n) is 5.98. The predicted molar refractivity (Wildman–Crippen MR) is 114 cm³/mol. The minimum Gasteiger partial charge on any atom is -0.458 e. The summed E-state index contributed by atoms with van der Waals surface area (Å²) in [6.45, 7) is 15.3. The molecule has 0 aromatic heterocycles. The molecule has 5 heteroatoms. The van der Waals surface area contributed by atoms with Crippen molar-refractivity contribution in [2.75, 3.05) is 0 Å². The van der Waals surface area contributed by atoms with Crippen molar-refractivity contribution in [2.45, 2.75) is 74.0 Å². The summed E-state index contributed by atoms with van der Waals surface area (Å²) < 4.78 is 12.0. The van der Waals surface area contributed by atoms with Crippen LogP contribution in [0.3, 0.4) is 0 Å². The molecule has 0 aromatic carbocycles. The van der Waals surface area contributed by atoms with Gasteiger partial charge in [0.05, 0.1) is 0 Å². The standard InChI is InChI=1S/C25H34O5/c1-9-13(3)22(27)29-17-12-18(30-23(28)14(4)10-2)25(8)19-15(5)11-16(26)20(25)21(19)24(17,6)7/h9-11,17-21H,12H2,1-8H3/b13-9+,14-10+/t17-,18-,19+,20-,21+,25-/m1/s1. The molecule has 3 fully saturated rings. The second-order valence-corrected chi connectivity index (χ2v) is 9.93. The number of fused-ring (bicyclic) bond motifs is 3. The average Bonchev–Trinajstić information content (AvgIpc) is 2.78. The van der Waals surface area contributed by atoms with Crippen LogP contribution in [0.5, 0.6) is 0 Å². The summed E-state index contributed by atoms with van der Waals surface area (Å²) >= 11 is 0. The van der Waals surface area contributed by atoms with E-state index in [0.717, 1.165) is 5.57 Å². The zero-order valence-electron chi connectivity index (χ0n) is 19.4. The van der Waals surface area contributed by atoms with E-state index in [0.29, 0.717) is 17.6 Å². The lowest BCUT2D eigenvalue weighted by molar-refractivity contribution is -0.202. The molecule has 0 saturated heterocycles. The lowest BCUT2D eigenvalue weighted by atomic mass is 9.37. The summed E-state index contributed by atoms with van der Waals surface area (Å²) in [5.41, 5.74) is 1.18. The number of hydrogen-bond acceptors (Lipinski definition) is 5. The highest BCUT2D eigenvalue weighted by molar-refractivity contribution is 5.97. The first-order valence-corrected chi connectivity index (χ1v) is 10.8. The van der Waals surface area contributed by atoms with Crippen LogP contribution in [0, 0.1) is 28.6 Å². The zero-order valence-corrected chi connectivity index (χ0v) is 19.4. The summed E-state index contributed by atoms with van der Waals surface area (Å²) in [6.07, 6.45) is 4.62. The van der Waals surface area contributed by atoms with Crippen LogP contribution in [0.25, 0.3) is 0 Å². The average molecular weight is 415 g/mol. The third-order valence-corrected chi connectivity index (χ3v) is 8.04. The zero-order chi connectivity index (χ0) is 22.6. The molecule has 0 unspecified atom stereocenters. The van der Waals surface area contributed by atoms with Crippen molar-refractivity contribution in [3.05, 3.63) is 34.9 Å². The van der Waals surface area contributed by atoms with E-state index in [1.54, 1.807) is 45.9 Å². The molecule has 0 aromatic rings. The fourth-order valence-corrected chi connectivity index (χ4v) is 5.98. The Morgan fingerprint density at radius 1 is 0.967 bits per heavy atom. The van der Waals surface area contributed by atoms with E-state index in [2.05, 4.69) is 20.8 Å². The molecule has 5 nitrogen and oxygen atoms in total. The predicted octanol–water partition coefficient (Wildman–Crippen LogP) is 4.57. The Bertz CT molecular complexity index is 874. The Balaban J connectivity index is 2.06. The number of ketones is 1. The van der Waals surface area contributed by atoms with Crippen LogP contribution in [-0.4, -0.2) is 29.9 Å². The van der Waals surface area contributed by atoms with Gasteiger partial charge in [-0.15, -0.1) is 0 Å². The van der Waals surface area contributed by atoms with Crippen LogP contribution in [0.1, 0.15) is 61.8 Å². The van der Waals surface area contributed by atoms with Gasteiger partial charge in [-0.05, 0) is 52.5 Å². The van der Waals surface area contributed by atoms with Crippen molar-refractivity contribution in [2.24, 2.45) is 28.6 Å². The first-order chi connectivity index (χ1) is 13.9. The van der Waals surface area contributed by atoms with Gasteiger partial charge in [0.1, 0.15) is 12.2 Å². The molecular formula is C25H34O5. The van der Waals surface area contributed by atoms with E-state index in [-0.39, 0.29) is 35.5 Å². The van der Waals surface area contributed by atoms with E-state index < -0.39 is 23.0 Å². The van der Waals surface area contributed by atoms with Gasteiger partial charge < -0.3 is 9.47 Å². The lowest BCUT2D eigenvalue weighted by Gasteiger charge is -2.65. The highest BCUT2D eigenvalue weighted by Gasteiger charge is 2.74.